The fourth-order valence-electron chi connectivity index (χ4n) is 2.11. The van der Waals surface area contributed by atoms with Crippen molar-refractivity contribution in [3.8, 4) is 5.75 Å². The van der Waals surface area contributed by atoms with Gasteiger partial charge in [-0.15, -0.1) is 0 Å². The number of benzene rings is 2. The monoisotopic (exact) mass is 340 g/mol. The second-order valence-corrected chi connectivity index (χ2v) is 5.29. The van der Waals surface area contributed by atoms with Crippen LogP contribution in [0.4, 0.5) is 0 Å². The summed E-state index contributed by atoms with van der Waals surface area (Å²) in [6, 6.07) is 14.1. The summed E-state index contributed by atoms with van der Waals surface area (Å²) in [6.45, 7) is 2.65. The Balaban J connectivity index is 1.73. The molecule has 2 aromatic rings. The fourth-order valence-corrected chi connectivity index (χ4v) is 2.11. The Bertz CT molecular complexity index is 754. The number of rotatable bonds is 7. The molecule has 0 aliphatic rings. The summed E-state index contributed by atoms with van der Waals surface area (Å²) in [5, 5.41) is 11.3. The van der Waals surface area contributed by atoms with E-state index in [9.17, 15) is 9.59 Å². The first kappa shape index (κ1) is 18.2. The summed E-state index contributed by atoms with van der Waals surface area (Å²) in [6.07, 6.45) is 3.26. The summed E-state index contributed by atoms with van der Waals surface area (Å²) in [4.78, 5) is 23.0. The second kappa shape index (κ2) is 9.24. The molecule has 0 heterocycles. The van der Waals surface area contributed by atoms with Gasteiger partial charge in [-0.05, 0) is 48.4 Å². The lowest BCUT2D eigenvalue weighted by Crippen LogP contribution is -2.26. The minimum atomic E-state index is -0.584. The predicted molar refractivity (Wildman–Crippen MR) is 94.4 cm³/mol. The largest absolute Gasteiger partial charge is 0.492 e. The molecule has 0 unspecified atom stereocenters. The average molecular weight is 340 g/mol. The first-order chi connectivity index (χ1) is 12.1. The highest BCUT2D eigenvalue weighted by Gasteiger charge is 2.03. The van der Waals surface area contributed by atoms with Crippen molar-refractivity contribution in [2.45, 2.75) is 6.92 Å². The molecule has 0 atom stereocenters. The van der Waals surface area contributed by atoms with Gasteiger partial charge in [0.25, 0.3) is 5.91 Å². The molecular formula is C19H20N2O4. The molecule has 0 saturated carbocycles. The Morgan fingerprint density at radius 3 is 2.52 bits per heavy atom. The van der Waals surface area contributed by atoms with Gasteiger partial charge in [-0.1, -0.05) is 24.3 Å². The van der Waals surface area contributed by atoms with Crippen molar-refractivity contribution >= 4 is 17.9 Å². The van der Waals surface area contributed by atoms with Crippen LogP contribution in [0, 0.1) is 6.92 Å². The predicted octanol–water partition coefficient (Wildman–Crippen LogP) is 2.32. The van der Waals surface area contributed by atoms with Crippen LogP contribution in [-0.4, -0.2) is 30.2 Å². The van der Waals surface area contributed by atoms with E-state index >= 15 is 0 Å². The van der Waals surface area contributed by atoms with E-state index in [1.165, 1.54) is 18.2 Å². The van der Waals surface area contributed by atoms with Gasteiger partial charge < -0.3 is 10.1 Å². The quantitative estimate of drug-likeness (QED) is 0.312. The highest BCUT2D eigenvalue weighted by atomic mass is 16.5. The molecule has 2 aromatic carbocycles. The summed E-state index contributed by atoms with van der Waals surface area (Å²) >= 11 is 0. The van der Waals surface area contributed by atoms with E-state index in [1.54, 1.807) is 23.7 Å². The molecule has 0 fully saturated rings. The second-order valence-electron chi connectivity index (χ2n) is 5.29. The van der Waals surface area contributed by atoms with E-state index < -0.39 is 5.91 Å². The van der Waals surface area contributed by atoms with Crippen molar-refractivity contribution in [1.82, 2.24) is 10.8 Å². The number of carbonyl (C=O) groups excluding carboxylic acids is 2. The maximum Gasteiger partial charge on any atom is 0.274 e. The number of hydrogen-bond acceptors (Lipinski definition) is 4. The zero-order valence-corrected chi connectivity index (χ0v) is 13.9. The van der Waals surface area contributed by atoms with Gasteiger partial charge in [-0.2, -0.15) is 0 Å². The third-order valence-electron chi connectivity index (χ3n) is 3.49. The zero-order valence-electron chi connectivity index (χ0n) is 13.9. The van der Waals surface area contributed by atoms with Gasteiger partial charge >= 0.3 is 0 Å². The number of nitrogens with one attached hydrogen (secondary N) is 2. The van der Waals surface area contributed by atoms with E-state index in [1.807, 2.05) is 31.2 Å². The molecular weight excluding hydrogens is 320 g/mol. The summed E-state index contributed by atoms with van der Waals surface area (Å²) in [7, 11) is 0. The molecule has 6 heteroatoms. The van der Waals surface area contributed by atoms with Gasteiger partial charge in [0, 0.05) is 11.6 Å². The Morgan fingerprint density at radius 2 is 1.84 bits per heavy atom. The first-order valence-electron chi connectivity index (χ1n) is 7.79. The van der Waals surface area contributed by atoms with Crippen LogP contribution >= 0.6 is 0 Å². The minimum absolute atomic E-state index is 0.193. The molecule has 2 rings (SSSR count). The molecule has 0 spiro atoms. The molecule has 0 bridgehead atoms. The number of hydroxylamine groups is 1. The molecule has 3 N–H and O–H groups in total. The smallest absolute Gasteiger partial charge is 0.274 e. The summed E-state index contributed by atoms with van der Waals surface area (Å²) in [5.74, 6) is -0.208. The number of hydrogen-bond donors (Lipinski definition) is 3. The first-order valence-corrected chi connectivity index (χ1v) is 7.79. The maximum absolute atomic E-state index is 11.8. The van der Waals surface area contributed by atoms with Crippen molar-refractivity contribution in [3.63, 3.8) is 0 Å². The van der Waals surface area contributed by atoms with Crippen LogP contribution in [0.5, 0.6) is 5.75 Å². The molecule has 0 radical (unpaired) electrons. The molecule has 0 saturated heterocycles. The van der Waals surface area contributed by atoms with Crippen molar-refractivity contribution in [1.29, 1.82) is 0 Å². The van der Waals surface area contributed by atoms with Gasteiger partial charge in [0.05, 0.1) is 6.54 Å². The van der Waals surface area contributed by atoms with Crippen molar-refractivity contribution in [2.24, 2.45) is 0 Å². The number of aryl methyl sites for hydroxylation is 1. The van der Waals surface area contributed by atoms with Crippen molar-refractivity contribution in [3.05, 3.63) is 71.3 Å². The Kier molecular flexibility index (Phi) is 6.74. The molecule has 0 aliphatic carbocycles. The lowest BCUT2D eigenvalue weighted by atomic mass is 10.1. The minimum Gasteiger partial charge on any atom is -0.492 e. The Morgan fingerprint density at radius 1 is 1.12 bits per heavy atom. The fraction of sp³-hybridized carbons (Fsp3) is 0.158. The Hall–Kier alpha value is -3.12. The standard InChI is InChI=1S/C19H20N2O4/c1-14-4-2-3-5-15(14)8-11-18(22)20-12-13-25-17-9-6-16(7-10-17)19(23)21-24/h2-11,24H,12-13H2,1H3,(H,20,22)(H,21,23). The average Bonchev–Trinajstić information content (AvgIpc) is 2.64. The van der Waals surface area contributed by atoms with Gasteiger partial charge in [0.1, 0.15) is 12.4 Å². The molecule has 130 valence electrons. The number of carbonyl (C=O) groups is 2. The lowest BCUT2D eigenvalue weighted by Gasteiger charge is -2.07. The van der Waals surface area contributed by atoms with Gasteiger partial charge in [-0.3, -0.25) is 14.8 Å². The molecule has 0 aliphatic heterocycles. The third-order valence-corrected chi connectivity index (χ3v) is 3.49. The summed E-state index contributed by atoms with van der Waals surface area (Å²) < 4.78 is 5.47. The number of ether oxygens (including phenoxy) is 1. The van der Waals surface area contributed by atoms with E-state index in [-0.39, 0.29) is 5.91 Å². The molecule has 25 heavy (non-hydrogen) atoms. The van der Waals surface area contributed by atoms with E-state index in [0.717, 1.165) is 11.1 Å². The number of amides is 2. The van der Waals surface area contributed by atoms with Gasteiger partial charge in [0.2, 0.25) is 5.91 Å². The highest BCUT2D eigenvalue weighted by molar-refractivity contribution is 5.93. The molecule has 0 aromatic heterocycles. The topological polar surface area (TPSA) is 87.7 Å². The zero-order chi connectivity index (χ0) is 18.1. The van der Waals surface area contributed by atoms with Crippen molar-refractivity contribution in [2.75, 3.05) is 13.2 Å². The molecule has 2 amide bonds. The van der Waals surface area contributed by atoms with Crippen LogP contribution in [0.3, 0.4) is 0 Å². The van der Waals surface area contributed by atoms with Crippen LogP contribution in [0.25, 0.3) is 6.08 Å². The van der Waals surface area contributed by atoms with Crippen molar-refractivity contribution < 1.29 is 19.5 Å². The lowest BCUT2D eigenvalue weighted by molar-refractivity contribution is -0.116. The SMILES string of the molecule is Cc1ccccc1C=CC(=O)NCCOc1ccc(C(=O)NO)cc1. The van der Waals surface area contributed by atoms with E-state index in [4.69, 9.17) is 9.94 Å². The van der Waals surface area contributed by atoms with Crippen LogP contribution in [0.1, 0.15) is 21.5 Å². The van der Waals surface area contributed by atoms with Gasteiger partial charge in [-0.25, -0.2) is 5.48 Å². The van der Waals surface area contributed by atoms with E-state index in [0.29, 0.717) is 24.5 Å². The van der Waals surface area contributed by atoms with Gasteiger partial charge in [0.15, 0.2) is 0 Å². The van der Waals surface area contributed by atoms with E-state index in [2.05, 4.69) is 5.32 Å². The molecule has 6 nitrogen and oxygen atoms in total. The Labute approximate surface area is 146 Å². The maximum atomic E-state index is 11.8. The van der Waals surface area contributed by atoms with Crippen LogP contribution in [-0.2, 0) is 4.79 Å². The summed E-state index contributed by atoms with van der Waals surface area (Å²) in [5.41, 5.74) is 3.99. The normalized spacial score (nSPS) is 10.5. The van der Waals surface area contributed by atoms with Crippen LogP contribution in [0.15, 0.2) is 54.6 Å². The van der Waals surface area contributed by atoms with Crippen LogP contribution in [0.2, 0.25) is 0 Å². The highest BCUT2D eigenvalue weighted by Crippen LogP contribution is 2.12. The van der Waals surface area contributed by atoms with Crippen LogP contribution < -0.4 is 15.5 Å². The third kappa shape index (κ3) is 5.78.